The van der Waals surface area contributed by atoms with E-state index >= 15 is 0 Å². The minimum absolute atomic E-state index is 0.151. The molecule has 1 fully saturated rings. The van der Waals surface area contributed by atoms with E-state index < -0.39 is 0 Å². The molecule has 4 rings (SSSR count). The molecule has 1 aliphatic rings. The first-order chi connectivity index (χ1) is 13.6. The number of ether oxygens (including phenoxy) is 1. The van der Waals surface area contributed by atoms with E-state index in [9.17, 15) is 4.79 Å². The van der Waals surface area contributed by atoms with Crippen molar-refractivity contribution in [2.45, 2.75) is 31.4 Å². The van der Waals surface area contributed by atoms with Gasteiger partial charge in [-0.3, -0.25) is 9.36 Å². The first-order valence-corrected chi connectivity index (χ1v) is 10.3. The van der Waals surface area contributed by atoms with Gasteiger partial charge in [0.1, 0.15) is 5.52 Å². The third-order valence-corrected chi connectivity index (χ3v) is 5.42. The molecule has 2 aromatic heterocycles. The number of rotatable bonds is 6. The summed E-state index contributed by atoms with van der Waals surface area (Å²) in [6.45, 7) is 8.12. The van der Waals surface area contributed by atoms with E-state index in [0.29, 0.717) is 35.9 Å². The molecule has 1 aromatic carbocycles. The largest absolute Gasteiger partial charge is 0.378 e. The summed E-state index contributed by atoms with van der Waals surface area (Å²) < 4.78 is 8.94. The summed E-state index contributed by atoms with van der Waals surface area (Å²) in [4.78, 5) is 14.8. The van der Waals surface area contributed by atoms with Crippen LogP contribution < -0.4 is 10.5 Å². The zero-order valence-electron chi connectivity index (χ0n) is 16.0. The van der Waals surface area contributed by atoms with Gasteiger partial charge in [0.05, 0.1) is 24.5 Å². The number of hydrogen-bond acceptors (Lipinski definition) is 8. The number of fused-ring (bicyclic) bond motifs is 1. The highest BCUT2D eigenvalue weighted by molar-refractivity contribution is 7.98. The van der Waals surface area contributed by atoms with Crippen LogP contribution >= 0.6 is 11.8 Å². The summed E-state index contributed by atoms with van der Waals surface area (Å²) in [5, 5.41) is 18.3. The zero-order valence-corrected chi connectivity index (χ0v) is 16.8. The van der Waals surface area contributed by atoms with Gasteiger partial charge < -0.3 is 9.64 Å². The highest BCUT2D eigenvalue weighted by Gasteiger charge is 2.21. The van der Waals surface area contributed by atoms with Gasteiger partial charge in [-0.05, 0) is 18.1 Å². The number of anilines is 1. The maximum absolute atomic E-state index is 12.6. The van der Waals surface area contributed by atoms with Gasteiger partial charge in [0.15, 0.2) is 5.16 Å². The molecule has 0 saturated carbocycles. The number of morpholine rings is 1. The van der Waals surface area contributed by atoms with Crippen LogP contribution in [-0.2, 0) is 17.2 Å². The second-order valence-electron chi connectivity index (χ2n) is 7.07. The van der Waals surface area contributed by atoms with E-state index in [-0.39, 0.29) is 5.56 Å². The molecule has 3 aromatic rings. The molecule has 0 unspecified atom stereocenters. The minimum Gasteiger partial charge on any atom is -0.378 e. The summed E-state index contributed by atoms with van der Waals surface area (Å²) >= 11 is 1.44. The van der Waals surface area contributed by atoms with E-state index in [0.717, 1.165) is 30.7 Å². The van der Waals surface area contributed by atoms with Crippen LogP contribution in [0.15, 0.2) is 34.2 Å². The normalized spacial score (nSPS) is 14.9. The van der Waals surface area contributed by atoms with Crippen molar-refractivity contribution in [2.75, 3.05) is 31.2 Å². The standard InChI is InChI=1S/C18H23N7O2S/c1-13(2)11-24-17(23-7-9-27-10-8-23)20-21-18(24)28-12-25-16(26)14-5-3-4-6-15(14)19-22-25/h3-6,13H,7-12H2,1-2H3. The highest BCUT2D eigenvalue weighted by Crippen LogP contribution is 2.24. The summed E-state index contributed by atoms with van der Waals surface area (Å²) in [6.07, 6.45) is 0. The fourth-order valence-electron chi connectivity index (χ4n) is 3.14. The number of aromatic nitrogens is 6. The summed E-state index contributed by atoms with van der Waals surface area (Å²) in [5.74, 6) is 1.63. The summed E-state index contributed by atoms with van der Waals surface area (Å²) in [6, 6.07) is 7.23. The Balaban J connectivity index is 1.58. The quantitative estimate of drug-likeness (QED) is 0.576. The van der Waals surface area contributed by atoms with Crippen molar-refractivity contribution in [1.82, 2.24) is 29.8 Å². The number of benzene rings is 1. The Kier molecular flexibility index (Phi) is 5.58. The van der Waals surface area contributed by atoms with Gasteiger partial charge in [-0.1, -0.05) is 43.0 Å². The van der Waals surface area contributed by atoms with Crippen LogP contribution in [-0.4, -0.2) is 56.1 Å². The molecule has 0 bridgehead atoms. The molecule has 9 nitrogen and oxygen atoms in total. The van der Waals surface area contributed by atoms with Crippen molar-refractivity contribution < 1.29 is 4.74 Å². The van der Waals surface area contributed by atoms with E-state index in [1.165, 1.54) is 16.4 Å². The lowest BCUT2D eigenvalue weighted by Gasteiger charge is -2.28. The van der Waals surface area contributed by atoms with Crippen molar-refractivity contribution in [1.29, 1.82) is 0 Å². The van der Waals surface area contributed by atoms with E-state index in [4.69, 9.17) is 4.74 Å². The molecular weight excluding hydrogens is 378 g/mol. The number of hydrogen-bond donors (Lipinski definition) is 0. The summed E-state index contributed by atoms with van der Waals surface area (Å²) in [5.41, 5.74) is 0.452. The maximum Gasteiger partial charge on any atom is 0.278 e. The van der Waals surface area contributed by atoms with E-state index in [1.807, 2.05) is 12.1 Å². The lowest BCUT2D eigenvalue weighted by molar-refractivity contribution is 0.121. The fourth-order valence-corrected chi connectivity index (χ4v) is 3.95. The fraction of sp³-hybridized carbons (Fsp3) is 0.500. The average Bonchev–Trinajstić information content (AvgIpc) is 3.10. The Labute approximate surface area is 166 Å². The predicted octanol–water partition coefficient (Wildman–Crippen LogP) is 1.63. The monoisotopic (exact) mass is 401 g/mol. The predicted molar refractivity (Wildman–Crippen MR) is 108 cm³/mol. The van der Waals surface area contributed by atoms with Gasteiger partial charge >= 0.3 is 0 Å². The first-order valence-electron chi connectivity index (χ1n) is 9.34. The lowest BCUT2D eigenvalue weighted by atomic mass is 10.2. The zero-order chi connectivity index (χ0) is 19.5. The first kappa shape index (κ1) is 18.9. The van der Waals surface area contributed by atoms with Gasteiger partial charge in [-0.25, -0.2) is 0 Å². The molecule has 3 heterocycles. The van der Waals surface area contributed by atoms with Crippen LogP contribution in [0.5, 0.6) is 0 Å². The average molecular weight is 401 g/mol. The van der Waals surface area contributed by atoms with Crippen LogP contribution in [0.4, 0.5) is 5.95 Å². The summed E-state index contributed by atoms with van der Waals surface area (Å²) in [7, 11) is 0. The van der Waals surface area contributed by atoms with Gasteiger partial charge in [-0.2, -0.15) is 4.68 Å². The maximum atomic E-state index is 12.6. The van der Waals surface area contributed by atoms with Crippen molar-refractivity contribution in [2.24, 2.45) is 5.92 Å². The smallest absolute Gasteiger partial charge is 0.278 e. The number of thioether (sulfide) groups is 1. The number of nitrogens with zero attached hydrogens (tertiary/aromatic N) is 7. The molecule has 148 valence electrons. The lowest BCUT2D eigenvalue weighted by Crippen LogP contribution is -2.38. The van der Waals surface area contributed by atoms with Crippen LogP contribution in [0.25, 0.3) is 10.9 Å². The second-order valence-corrected chi connectivity index (χ2v) is 7.98. The van der Waals surface area contributed by atoms with Crippen LogP contribution in [0.1, 0.15) is 13.8 Å². The topological polar surface area (TPSA) is 91.0 Å². The molecule has 1 aliphatic heterocycles. The van der Waals surface area contributed by atoms with Crippen molar-refractivity contribution in [3.05, 3.63) is 34.6 Å². The third kappa shape index (κ3) is 3.88. The molecule has 10 heteroatoms. The Morgan fingerprint density at radius 2 is 1.93 bits per heavy atom. The molecule has 0 N–H and O–H groups in total. The van der Waals surface area contributed by atoms with Gasteiger partial charge in [0.2, 0.25) is 5.95 Å². The molecule has 0 amide bonds. The minimum atomic E-state index is -0.151. The highest BCUT2D eigenvalue weighted by atomic mass is 32.2. The molecule has 0 atom stereocenters. The van der Waals surface area contributed by atoms with Crippen molar-refractivity contribution >= 4 is 28.6 Å². The van der Waals surface area contributed by atoms with Gasteiger partial charge in [0, 0.05) is 19.6 Å². The Morgan fingerprint density at radius 1 is 1.14 bits per heavy atom. The third-order valence-electron chi connectivity index (χ3n) is 4.48. The molecular formula is C18H23N7O2S. The second kappa shape index (κ2) is 8.27. The van der Waals surface area contributed by atoms with Crippen LogP contribution in [0, 0.1) is 5.92 Å². The molecule has 1 saturated heterocycles. The van der Waals surface area contributed by atoms with Gasteiger partial charge in [-0.15, -0.1) is 15.3 Å². The van der Waals surface area contributed by atoms with Crippen LogP contribution in [0.2, 0.25) is 0 Å². The van der Waals surface area contributed by atoms with E-state index in [1.54, 1.807) is 12.1 Å². The Morgan fingerprint density at radius 3 is 2.71 bits per heavy atom. The molecule has 0 aliphatic carbocycles. The van der Waals surface area contributed by atoms with Crippen molar-refractivity contribution in [3.63, 3.8) is 0 Å². The van der Waals surface area contributed by atoms with Gasteiger partial charge in [0.25, 0.3) is 5.56 Å². The Hall–Kier alpha value is -2.46. The molecule has 0 spiro atoms. The van der Waals surface area contributed by atoms with Crippen LogP contribution in [0.3, 0.4) is 0 Å². The van der Waals surface area contributed by atoms with Crippen molar-refractivity contribution in [3.8, 4) is 0 Å². The van der Waals surface area contributed by atoms with E-state index in [2.05, 4.69) is 43.8 Å². The molecule has 0 radical (unpaired) electrons. The molecule has 28 heavy (non-hydrogen) atoms. The SMILES string of the molecule is CC(C)Cn1c(SCn2nnc3ccccc3c2=O)nnc1N1CCOCC1. The Bertz CT molecular complexity index is 1010.